The van der Waals surface area contributed by atoms with Gasteiger partial charge in [-0.05, 0) is 92.2 Å². The van der Waals surface area contributed by atoms with E-state index in [1.54, 1.807) is 12.1 Å². The number of piperidine rings is 1. The predicted molar refractivity (Wildman–Crippen MR) is 149 cm³/mol. The normalized spacial score (nSPS) is 14.0. The maximum absolute atomic E-state index is 13.8. The summed E-state index contributed by atoms with van der Waals surface area (Å²) in [6.07, 6.45) is 3.83. The van der Waals surface area contributed by atoms with Crippen molar-refractivity contribution in [3.05, 3.63) is 77.9 Å². The molecule has 190 valence electrons. The van der Waals surface area contributed by atoms with E-state index in [4.69, 9.17) is 4.74 Å². The van der Waals surface area contributed by atoms with E-state index < -0.39 is 0 Å². The van der Waals surface area contributed by atoms with Crippen LogP contribution in [-0.2, 0) is 4.79 Å². The van der Waals surface area contributed by atoms with Gasteiger partial charge in [0.25, 0.3) is 0 Å². The number of carbonyl (C=O) groups excluding carboxylic acids is 2. The smallest absolute Gasteiger partial charge is 0.221 e. The van der Waals surface area contributed by atoms with E-state index in [0.29, 0.717) is 23.4 Å². The lowest BCUT2D eigenvalue weighted by atomic mass is 9.97. The molecule has 1 saturated heterocycles. The Labute approximate surface area is 220 Å². The number of likely N-dealkylation sites (tertiary alicyclic amines) is 1. The van der Waals surface area contributed by atoms with Gasteiger partial charge in [0.05, 0.1) is 0 Å². The van der Waals surface area contributed by atoms with Crippen LogP contribution in [0, 0.1) is 0 Å². The lowest BCUT2D eigenvalue weighted by molar-refractivity contribution is -0.114. The van der Waals surface area contributed by atoms with E-state index in [9.17, 15) is 14.7 Å². The zero-order valence-corrected chi connectivity index (χ0v) is 21.6. The summed E-state index contributed by atoms with van der Waals surface area (Å²) in [6, 6.07) is 19.8. The Kier molecular flexibility index (Phi) is 7.53. The first kappa shape index (κ1) is 25.0. The lowest BCUT2D eigenvalue weighted by Crippen LogP contribution is -2.33. The van der Waals surface area contributed by atoms with Crippen LogP contribution in [0.3, 0.4) is 0 Å². The molecule has 0 radical (unpaired) electrons. The summed E-state index contributed by atoms with van der Waals surface area (Å²) in [7, 11) is 0. The van der Waals surface area contributed by atoms with Gasteiger partial charge in [-0.15, -0.1) is 11.3 Å². The highest BCUT2D eigenvalue weighted by Gasteiger charge is 2.22. The SMILES string of the molecule is CC(=O)Nc1ccc2c(C(=O)c3ccc(OCCN4CCCCC4)cc3)c(-c3ccc(O)cc3)sc2c1. The summed E-state index contributed by atoms with van der Waals surface area (Å²) in [5.41, 5.74) is 2.72. The number of nitrogens with zero attached hydrogens (tertiary/aromatic N) is 1. The van der Waals surface area contributed by atoms with Crippen LogP contribution < -0.4 is 10.1 Å². The molecular weight excluding hydrogens is 484 g/mol. The molecule has 6 nitrogen and oxygen atoms in total. The molecule has 7 heteroatoms. The molecule has 1 fully saturated rings. The highest BCUT2D eigenvalue weighted by atomic mass is 32.1. The summed E-state index contributed by atoms with van der Waals surface area (Å²) in [4.78, 5) is 28.6. The van der Waals surface area contributed by atoms with Crippen molar-refractivity contribution in [2.75, 3.05) is 31.6 Å². The second-order valence-corrected chi connectivity index (χ2v) is 10.4. The number of hydrogen-bond donors (Lipinski definition) is 2. The summed E-state index contributed by atoms with van der Waals surface area (Å²) >= 11 is 1.49. The summed E-state index contributed by atoms with van der Waals surface area (Å²) in [5, 5.41) is 13.4. The Hall–Kier alpha value is -3.68. The van der Waals surface area contributed by atoms with Gasteiger partial charge in [-0.3, -0.25) is 14.5 Å². The Bertz CT molecular complexity index is 1400. The van der Waals surface area contributed by atoms with Crippen LogP contribution in [0.4, 0.5) is 5.69 Å². The third kappa shape index (κ3) is 5.84. The number of anilines is 1. The number of phenols is 1. The molecule has 2 N–H and O–H groups in total. The molecule has 1 aliphatic rings. The summed E-state index contributed by atoms with van der Waals surface area (Å²) in [6.45, 7) is 5.29. The van der Waals surface area contributed by atoms with Crippen molar-refractivity contribution in [2.45, 2.75) is 26.2 Å². The van der Waals surface area contributed by atoms with E-state index in [1.807, 2.05) is 54.6 Å². The van der Waals surface area contributed by atoms with Crippen LogP contribution in [0.2, 0.25) is 0 Å². The Morgan fingerprint density at radius 2 is 1.70 bits per heavy atom. The number of amides is 1. The van der Waals surface area contributed by atoms with E-state index >= 15 is 0 Å². The number of aromatic hydroxyl groups is 1. The van der Waals surface area contributed by atoms with Gasteiger partial charge in [0.15, 0.2) is 5.78 Å². The van der Waals surface area contributed by atoms with E-state index in [2.05, 4.69) is 10.2 Å². The maximum Gasteiger partial charge on any atom is 0.221 e. The zero-order chi connectivity index (χ0) is 25.8. The second kappa shape index (κ2) is 11.2. The molecule has 0 saturated carbocycles. The fraction of sp³-hybridized carbons (Fsp3) is 0.267. The van der Waals surface area contributed by atoms with Crippen LogP contribution >= 0.6 is 11.3 Å². The van der Waals surface area contributed by atoms with Gasteiger partial charge in [-0.25, -0.2) is 0 Å². The number of hydrogen-bond acceptors (Lipinski definition) is 6. The average molecular weight is 515 g/mol. The van der Waals surface area contributed by atoms with Gasteiger partial charge in [0.1, 0.15) is 18.1 Å². The Morgan fingerprint density at radius 3 is 2.41 bits per heavy atom. The average Bonchev–Trinajstić information content (AvgIpc) is 3.28. The largest absolute Gasteiger partial charge is 0.508 e. The Balaban J connectivity index is 1.41. The molecule has 1 aromatic heterocycles. The van der Waals surface area contributed by atoms with Gasteiger partial charge >= 0.3 is 0 Å². The number of ketones is 1. The van der Waals surface area contributed by atoms with Crippen molar-refractivity contribution >= 4 is 38.8 Å². The highest BCUT2D eigenvalue weighted by Crippen LogP contribution is 2.41. The quantitative estimate of drug-likeness (QED) is 0.269. The van der Waals surface area contributed by atoms with Crippen LogP contribution in [0.1, 0.15) is 42.1 Å². The van der Waals surface area contributed by atoms with E-state index in [-0.39, 0.29) is 17.4 Å². The standard InChI is InChI=1S/C30H30N2O4S/c1-20(33)31-23-9-14-26-27(19-23)37-30(22-5-10-24(34)11-6-22)28(26)29(35)21-7-12-25(13-8-21)36-18-17-32-15-3-2-4-16-32/h5-14,19,34H,2-4,15-18H2,1H3,(H,31,33). The van der Waals surface area contributed by atoms with Crippen molar-refractivity contribution in [2.24, 2.45) is 0 Å². The first-order valence-corrected chi connectivity index (χ1v) is 13.4. The molecule has 4 aromatic rings. The van der Waals surface area contributed by atoms with Gasteiger partial charge < -0.3 is 15.2 Å². The fourth-order valence-corrected chi connectivity index (χ4v) is 5.99. The minimum atomic E-state index is -0.149. The maximum atomic E-state index is 13.8. The molecule has 37 heavy (non-hydrogen) atoms. The first-order valence-electron chi connectivity index (χ1n) is 12.6. The Morgan fingerprint density at radius 1 is 0.973 bits per heavy atom. The monoisotopic (exact) mass is 514 g/mol. The molecule has 2 heterocycles. The number of carbonyl (C=O) groups is 2. The van der Waals surface area contributed by atoms with Crippen LogP contribution in [-0.4, -0.2) is 47.9 Å². The molecule has 0 aliphatic carbocycles. The molecule has 0 spiro atoms. The van der Waals surface area contributed by atoms with Gasteiger partial charge in [-0.2, -0.15) is 0 Å². The van der Waals surface area contributed by atoms with Crippen molar-refractivity contribution < 1.29 is 19.4 Å². The minimum absolute atomic E-state index is 0.0820. The number of phenolic OH excluding ortho intramolecular Hbond substituents is 1. The number of rotatable bonds is 8. The molecule has 0 atom stereocenters. The second-order valence-electron chi connectivity index (χ2n) is 9.35. The van der Waals surface area contributed by atoms with Gasteiger partial charge in [0.2, 0.25) is 5.91 Å². The molecule has 1 amide bonds. The molecule has 5 rings (SSSR count). The van der Waals surface area contributed by atoms with Crippen LogP contribution in [0.15, 0.2) is 66.7 Å². The van der Waals surface area contributed by atoms with E-state index in [0.717, 1.165) is 45.9 Å². The van der Waals surface area contributed by atoms with Gasteiger partial charge in [0, 0.05) is 45.2 Å². The topological polar surface area (TPSA) is 78.9 Å². The van der Waals surface area contributed by atoms with E-state index in [1.165, 1.54) is 37.5 Å². The summed E-state index contributed by atoms with van der Waals surface area (Å²) < 4.78 is 6.84. The third-order valence-electron chi connectivity index (χ3n) is 6.61. The predicted octanol–water partition coefficient (Wildman–Crippen LogP) is 6.33. The van der Waals surface area contributed by atoms with Gasteiger partial charge in [-0.1, -0.05) is 12.5 Å². The van der Waals surface area contributed by atoms with Crippen molar-refractivity contribution in [1.82, 2.24) is 4.90 Å². The number of nitrogens with one attached hydrogen (secondary N) is 1. The number of thiophene rings is 1. The van der Waals surface area contributed by atoms with Crippen LogP contribution in [0.5, 0.6) is 11.5 Å². The van der Waals surface area contributed by atoms with Crippen LogP contribution in [0.25, 0.3) is 20.5 Å². The summed E-state index contributed by atoms with van der Waals surface area (Å²) in [5.74, 6) is 0.690. The lowest BCUT2D eigenvalue weighted by Gasteiger charge is -2.26. The fourth-order valence-electron chi connectivity index (χ4n) is 4.74. The number of benzene rings is 3. The molecule has 3 aromatic carbocycles. The number of fused-ring (bicyclic) bond motifs is 1. The highest BCUT2D eigenvalue weighted by molar-refractivity contribution is 7.22. The third-order valence-corrected chi connectivity index (χ3v) is 7.81. The van der Waals surface area contributed by atoms with Crippen molar-refractivity contribution in [3.63, 3.8) is 0 Å². The molecule has 1 aliphatic heterocycles. The zero-order valence-electron chi connectivity index (χ0n) is 20.8. The molecular formula is C30H30N2O4S. The van der Waals surface area contributed by atoms with Crippen molar-refractivity contribution in [3.8, 4) is 21.9 Å². The molecule has 0 bridgehead atoms. The number of ether oxygens (including phenoxy) is 1. The minimum Gasteiger partial charge on any atom is -0.508 e. The van der Waals surface area contributed by atoms with Crippen molar-refractivity contribution in [1.29, 1.82) is 0 Å². The molecule has 0 unspecified atom stereocenters. The first-order chi connectivity index (χ1) is 18.0.